The summed E-state index contributed by atoms with van der Waals surface area (Å²) in [6.45, 7) is 0. The van der Waals surface area contributed by atoms with Gasteiger partial charge < -0.3 is 4.74 Å². The van der Waals surface area contributed by atoms with Crippen molar-refractivity contribution in [1.29, 1.82) is 0 Å². The van der Waals surface area contributed by atoms with Gasteiger partial charge in [-0.1, -0.05) is 83.9 Å². The normalized spacial score (nSPS) is 12.0. The van der Waals surface area contributed by atoms with Gasteiger partial charge in [0.1, 0.15) is 0 Å². The van der Waals surface area contributed by atoms with E-state index in [2.05, 4.69) is 0 Å². The van der Waals surface area contributed by atoms with Crippen molar-refractivity contribution in [2.45, 2.75) is 10.9 Å². The zero-order chi connectivity index (χ0) is 15.2. The number of benzene rings is 2. The van der Waals surface area contributed by atoms with E-state index >= 15 is 0 Å². The highest BCUT2D eigenvalue weighted by Gasteiger charge is 2.28. The highest BCUT2D eigenvalue weighted by molar-refractivity contribution is 6.53. The molecule has 0 aliphatic carbocycles. The van der Waals surface area contributed by atoms with E-state index in [-0.39, 0.29) is 5.78 Å². The first-order chi connectivity index (χ1) is 10.1. The van der Waals surface area contributed by atoms with E-state index in [0.717, 1.165) is 0 Å². The highest BCUT2D eigenvalue weighted by atomic mass is 35.5. The molecule has 21 heavy (non-hydrogen) atoms. The van der Waals surface area contributed by atoms with Crippen LogP contribution < -0.4 is 0 Å². The molecule has 2 aromatic carbocycles. The molecule has 0 aromatic heterocycles. The van der Waals surface area contributed by atoms with E-state index in [9.17, 15) is 9.59 Å². The maximum Gasteiger partial charge on any atom is 0.340 e. The van der Waals surface area contributed by atoms with Crippen molar-refractivity contribution < 1.29 is 14.3 Å². The van der Waals surface area contributed by atoms with Crippen LogP contribution in [0.1, 0.15) is 22.0 Å². The molecule has 1 atom stereocenters. The van der Waals surface area contributed by atoms with E-state index in [4.69, 9.17) is 27.9 Å². The lowest BCUT2D eigenvalue weighted by Gasteiger charge is -2.17. The lowest BCUT2D eigenvalue weighted by molar-refractivity contribution is -0.145. The Morgan fingerprint density at radius 3 is 1.90 bits per heavy atom. The summed E-state index contributed by atoms with van der Waals surface area (Å²) >= 11 is 11.0. The first-order valence-corrected chi connectivity index (χ1v) is 7.09. The van der Waals surface area contributed by atoms with Crippen LogP contribution in [0.15, 0.2) is 60.7 Å². The van der Waals surface area contributed by atoms with Gasteiger partial charge in [-0.2, -0.15) is 0 Å². The zero-order valence-electron chi connectivity index (χ0n) is 10.9. The van der Waals surface area contributed by atoms with Crippen LogP contribution >= 0.6 is 23.2 Å². The number of ketones is 1. The fourth-order valence-electron chi connectivity index (χ4n) is 1.82. The standard InChI is InChI=1S/C16H12Cl2O3/c17-15(18)16(20)21-14(12-9-5-2-6-10-12)13(19)11-7-3-1-4-8-11/h1-10,14-15H. The third-order valence-electron chi connectivity index (χ3n) is 2.81. The van der Waals surface area contributed by atoms with Crippen molar-refractivity contribution in [2.75, 3.05) is 0 Å². The van der Waals surface area contributed by atoms with Gasteiger partial charge in [0.15, 0.2) is 6.10 Å². The van der Waals surface area contributed by atoms with Crippen LogP contribution in [0.25, 0.3) is 0 Å². The lowest BCUT2D eigenvalue weighted by Crippen LogP contribution is -2.23. The van der Waals surface area contributed by atoms with Crippen molar-refractivity contribution in [3.05, 3.63) is 71.8 Å². The summed E-state index contributed by atoms with van der Waals surface area (Å²) in [5.74, 6) is -1.18. The minimum absolute atomic E-state index is 0.330. The van der Waals surface area contributed by atoms with Gasteiger partial charge in [-0.25, -0.2) is 4.79 Å². The predicted octanol–water partition coefficient (Wildman–Crippen LogP) is 3.96. The predicted molar refractivity (Wildman–Crippen MR) is 81.5 cm³/mol. The number of carbonyl (C=O) groups excluding carboxylic acids is 2. The van der Waals surface area contributed by atoms with Crippen LogP contribution in [0.4, 0.5) is 0 Å². The molecule has 0 amide bonds. The Labute approximate surface area is 132 Å². The fourth-order valence-corrected chi connectivity index (χ4v) is 1.93. The molecular weight excluding hydrogens is 311 g/mol. The van der Waals surface area contributed by atoms with E-state index in [1.54, 1.807) is 60.7 Å². The molecule has 0 aliphatic rings. The smallest absolute Gasteiger partial charge is 0.340 e. The molecule has 0 bridgehead atoms. The van der Waals surface area contributed by atoms with Gasteiger partial charge >= 0.3 is 5.97 Å². The highest BCUT2D eigenvalue weighted by Crippen LogP contribution is 2.24. The van der Waals surface area contributed by atoms with Gasteiger partial charge in [-0.15, -0.1) is 0 Å². The topological polar surface area (TPSA) is 43.4 Å². The second-order valence-corrected chi connectivity index (χ2v) is 5.35. The molecule has 5 heteroatoms. The summed E-state index contributed by atoms with van der Waals surface area (Å²) in [5, 5.41) is 0. The summed E-state index contributed by atoms with van der Waals surface area (Å²) in [5.41, 5.74) is 1.01. The maximum absolute atomic E-state index is 12.5. The third kappa shape index (κ3) is 4.06. The van der Waals surface area contributed by atoms with Gasteiger partial charge in [0.2, 0.25) is 10.6 Å². The van der Waals surface area contributed by atoms with Gasteiger partial charge in [0, 0.05) is 11.1 Å². The Morgan fingerprint density at radius 2 is 1.38 bits per heavy atom. The van der Waals surface area contributed by atoms with Crippen molar-refractivity contribution >= 4 is 35.0 Å². The van der Waals surface area contributed by atoms with Gasteiger partial charge in [-0.05, 0) is 0 Å². The van der Waals surface area contributed by atoms with E-state index < -0.39 is 16.9 Å². The molecule has 0 heterocycles. The second kappa shape index (κ2) is 7.25. The number of hydrogen-bond acceptors (Lipinski definition) is 3. The Balaban J connectivity index is 2.32. The molecular formula is C16H12Cl2O3. The van der Waals surface area contributed by atoms with Crippen LogP contribution in [0.3, 0.4) is 0 Å². The van der Waals surface area contributed by atoms with Crippen LogP contribution in [-0.2, 0) is 9.53 Å². The number of rotatable bonds is 5. The van der Waals surface area contributed by atoms with Crippen LogP contribution in [0.5, 0.6) is 0 Å². The van der Waals surface area contributed by atoms with Gasteiger partial charge in [-0.3, -0.25) is 4.79 Å². The van der Waals surface area contributed by atoms with Crippen molar-refractivity contribution in [3.63, 3.8) is 0 Å². The maximum atomic E-state index is 12.5. The Morgan fingerprint density at radius 1 is 0.857 bits per heavy atom. The summed E-state index contributed by atoms with van der Waals surface area (Å²) in [4.78, 5) is 22.8. The molecule has 0 N–H and O–H groups in total. The number of alkyl halides is 2. The first kappa shape index (κ1) is 15.5. The van der Waals surface area contributed by atoms with Crippen LogP contribution in [-0.4, -0.2) is 16.6 Å². The first-order valence-electron chi connectivity index (χ1n) is 6.22. The van der Waals surface area contributed by atoms with Crippen LogP contribution in [0, 0.1) is 0 Å². The van der Waals surface area contributed by atoms with Gasteiger partial charge in [0.05, 0.1) is 0 Å². The van der Waals surface area contributed by atoms with Crippen molar-refractivity contribution in [2.24, 2.45) is 0 Å². The number of carbonyl (C=O) groups is 2. The van der Waals surface area contributed by atoms with E-state index in [1.165, 1.54) is 0 Å². The average molecular weight is 323 g/mol. The number of hydrogen-bond donors (Lipinski definition) is 0. The van der Waals surface area contributed by atoms with E-state index in [1.807, 2.05) is 0 Å². The number of esters is 1. The fraction of sp³-hybridized carbons (Fsp3) is 0.125. The molecule has 108 valence electrons. The molecule has 0 saturated carbocycles. The Bertz CT molecular complexity index is 612. The number of halogens is 2. The van der Waals surface area contributed by atoms with Crippen LogP contribution in [0.2, 0.25) is 0 Å². The Hall–Kier alpha value is -1.84. The third-order valence-corrected chi connectivity index (χ3v) is 3.17. The second-order valence-electron chi connectivity index (χ2n) is 4.26. The van der Waals surface area contributed by atoms with Crippen molar-refractivity contribution in [1.82, 2.24) is 0 Å². The molecule has 0 saturated heterocycles. The average Bonchev–Trinajstić information content (AvgIpc) is 2.53. The minimum Gasteiger partial charge on any atom is -0.447 e. The summed E-state index contributed by atoms with van der Waals surface area (Å²) in [6, 6.07) is 17.3. The molecule has 3 nitrogen and oxygen atoms in total. The molecule has 0 fully saturated rings. The quantitative estimate of drug-likeness (QED) is 0.475. The SMILES string of the molecule is O=C(OC(C(=O)c1ccccc1)c1ccccc1)C(Cl)Cl. The monoisotopic (exact) mass is 322 g/mol. The molecule has 0 spiro atoms. The van der Waals surface area contributed by atoms with Gasteiger partial charge in [0.25, 0.3) is 0 Å². The number of ether oxygens (including phenoxy) is 1. The minimum atomic E-state index is -1.33. The van der Waals surface area contributed by atoms with E-state index in [0.29, 0.717) is 11.1 Å². The van der Waals surface area contributed by atoms with Crippen molar-refractivity contribution in [3.8, 4) is 0 Å². The molecule has 2 rings (SSSR count). The Kier molecular flexibility index (Phi) is 5.37. The summed E-state index contributed by atoms with van der Waals surface area (Å²) in [7, 11) is 0. The molecule has 0 radical (unpaired) electrons. The lowest BCUT2D eigenvalue weighted by atomic mass is 10.00. The molecule has 0 aliphatic heterocycles. The summed E-state index contributed by atoms with van der Waals surface area (Å²) in [6.07, 6.45) is -1.07. The molecule has 1 unspecified atom stereocenters. The summed E-state index contributed by atoms with van der Waals surface area (Å²) < 4.78 is 5.16. The largest absolute Gasteiger partial charge is 0.447 e. The molecule has 2 aromatic rings. The zero-order valence-corrected chi connectivity index (χ0v) is 12.4. The number of Topliss-reactive ketones (excluding diaryl/α,β-unsaturated/α-hetero) is 1.